The Hall–Kier alpha value is -1.59. The van der Waals surface area contributed by atoms with E-state index in [1.165, 1.54) is 7.11 Å². The fraction of sp³-hybridized carbons (Fsp3) is 0.700. The number of ether oxygens (including phenoxy) is 1. The molecule has 0 atom stereocenters. The van der Waals surface area contributed by atoms with Crippen LogP contribution in [0, 0.1) is 0 Å². The predicted molar refractivity (Wildman–Crippen MR) is 63.9 cm³/mol. The highest BCUT2D eigenvalue weighted by molar-refractivity contribution is 5.37. The fourth-order valence-corrected chi connectivity index (χ4v) is 0.909. The van der Waals surface area contributed by atoms with Crippen molar-refractivity contribution < 1.29 is 17.1 Å². The predicted octanol–water partition coefficient (Wildman–Crippen LogP) is 1.52. The number of rotatable bonds is 4. The Bertz CT molecular complexity index is 562. The number of nitrogens with one attached hydrogen (secondary N) is 2. The second kappa shape index (κ2) is 4.96. The summed E-state index contributed by atoms with van der Waals surface area (Å²) in [5.41, 5.74) is -3.29. The number of aromatic nitrogens is 3. The first-order valence-corrected chi connectivity index (χ1v) is 4.51. The molecule has 0 aliphatic rings. The van der Waals surface area contributed by atoms with E-state index in [0.29, 0.717) is 6.54 Å². The fourth-order valence-electron chi connectivity index (χ4n) is 0.909. The summed E-state index contributed by atoms with van der Waals surface area (Å²) < 4.78 is 72.9. The molecule has 90 valence electrons. The molecule has 0 unspecified atom stereocenters. The van der Waals surface area contributed by atoms with E-state index < -0.39 is 32.0 Å². The summed E-state index contributed by atoms with van der Waals surface area (Å²) in [5, 5.41) is 4.74. The molecule has 1 aromatic heterocycles. The van der Waals surface area contributed by atoms with Gasteiger partial charge in [-0.05, 0) is 27.5 Å². The average Bonchev–Trinajstić information content (AvgIpc) is 2.40. The molecular weight excluding hydrogens is 206 g/mol. The lowest BCUT2D eigenvalue weighted by atomic mass is 10.1. The molecule has 1 heterocycles. The molecule has 0 saturated carbocycles. The van der Waals surface area contributed by atoms with Crippen molar-refractivity contribution in [1.82, 2.24) is 15.0 Å². The molecule has 0 fully saturated rings. The van der Waals surface area contributed by atoms with Crippen LogP contribution in [0.25, 0.3) is 0 Å². The Morgan fingerprint density at radius 2 is 1.94 bits per heavy atom. The van der Waals surface area contributed by atoms with Crippen LogP contribution in [-0.4, -0.2) is 34.1 Å². The zero-order valence-electron chi connectivity index (χ0n) is 18.0. The third-order valence-electron chi connectivity index (χ3n) is 1.43. The van der Waals surface area contributed by atoms with Gasteiger partial charge in [0.2, 0.25) is 11.9 Å². The molecule has 0 aliphatic carbocycles. The van der Waals surface area contributed by atoms with Gasteiger partial charge >= 0.3 is 6.01 Å². The number of anilines is 2. The van der Waals surface area contributed by atoms with Crippen LogP contribution in [0.3, 0.4) is 0 Å². The normalized spacial score (nSPS) is 21.8. The molecule has 0 radical (unpaired) electrons. The number of hydrogen-bond donors (Lipinski definition) is 2. The van der Waals surface area contributed by atoms with E-state index in [2.05, 4.69) is 20.3 Å². The lowest BCUT2D eigenvalue weighted by Gasteiger charge is -2.20. The molecule has 0 bridgehead atoms. The molecule has 1 aromatic rings. The Balaban J connectivity index is 3.58. The van der Waals surface area contributed by atoms with Gasteiger partial charge in [-0.25, -0.2) is 0 Å². The van der Waals surface area contributed by atoms with Crippen LogP contribution in [0.5, 0.6) is 6.01 Å². The van der Waals surface area contributed by atoms with Crippen molar-refractivity contribution in [3.8, 4) is 6.01 Å². The van der Waals surface area contributed by atoms with Gasteiger partial charge in [-0.15, -0.1) is 0 Å². The summed E-state index contributed by atoms with van der Waals surface area (Å²) in [6.45, 7) is -8.15. The van der Waals surface area contributed by atoms with Crippen molar-refractivity contribution in [3.05, 3.63) is 0 Å². The largest absolute Gasteiger partial charge is 0.467 e. The Labute approximate surface area is 109 Å². The van der Waals surface area contributed by atoms with Crippen molar-refractivity contribution in [1.29, 1.82) is 0 Å². The summed E-state index contributed by atoms with van der Waals surface area (Å²) in [5.74, 6) is -0.585. The molecule has 6 nitrogen and oxygen atoms in total. The zero-order valence-corrected chi connectivity index (χ0v) is 8.96. The van der Waals surface area contributed by atoms with Crippen LogP contribution in [0.1, 0.15) is 39.8 Å². The highest BCUT2D eigenvalue weighted by atomic mass is 16.5. The van der Waals surface area contributed by atoms with Crippen LogP contribution < -0.4 is 15.4 Å². The van der Waals surface area contributed by atoms with Gasteiger partial charge in [0.05, 0.1) is 7.11 Å². The van der Waals surface area contributed by atoms with Gasteiger partial charge in [-0.3, -0.25) is 0 Å². The van der Waals surface area contributed by atoms with Gasteiger partial charge in [-0.1, -0.05) is 0 Å². The van der Waals surface area contributed by atoms with E-state index >= 15 is 0 Å². The van der Waals surface area contributed by atoms with Crippen LogP contribution in [-0.2, 0) is 0 Å². The molecular formula is C10H19N5O. The zero-order chi connectivity index (χ0) is 19.7. The van der Waals surface area contributed by atoms with E-state index in [4.69, 9.17) is 17.1 Å². The number of methoxy groups -OCH3 is 1. The van der Waals surface area contributed by atoms with Gasteiger partial charge < -0.3 is 15.4 Å². The first-order valence-electron chi connectivity index (χ1n) is 9.01. The molecule has 1 rings (SSSR count). The maximum Gasteiger partial charge on any atom is 0.322 e. The van der Waals surface area contributed by atoms with E-state index in [9.17, 15) is 0 Å². The van der Waals surface area contributed by atoms with Gasteiger partial charge in [0, 0.05) is 24.4 Å². The summed E-state index contributed by atoms with van der Waals surface area (Å²) >= 11 is 0. The minimum absolute atomic E-state index is 0.0348. The van der Waals surface area contributed by atoms with Crippen molar-refractivity contribution in [3.63, 3.8) is 0 Å². The van der Waals surface area contributed by atoms with Crippen LogP contribution in [0.15, 0.2) is 0 Å². The summed E-state index contributed by atoms with van der Waals surface area (Å²) in [6.07, 6.45) is 0. The van der Waals surface area contributed by atoms with Crippen molar-refractivity contribution in [2.45, 2.75) is 33.0 Å². The van der Waals surface area contributed by atoms with Crippen molar-refractivity contribution in [2.24, 2.45) is 0 Å². The lowest BCUT2D eigenvalue weighted by Crippen LogP contribution is -2.27. The molecule has 0 aromatic carbocycles. The van der Waals surface area contributed by atoms with Crippen molar-refractivity contribution in [2.75, 3.05) is 24.3 Å². The van der Waals surface area contributed by atoms with Gasteiger partial charge in [0.15, 0.2) is 0 Å². The quantitative estimate of drug-likeness (QED) is 0.823. The number of nitrogens with zero attached hydrogens (tertiary/aromatic N) is 3. The first kappa shape index (κ1) is 4.73. The third kappa shape index (κ3) is 3.88. The van der Waals surface area contributed by atoms with E-state index in [-0.39, 0.29) is 12.0 Å². The monoisotopic (exact) mass is 234 g/mol. The topological polar surface area (TPSA) is 72.0 Å². The smallest absolute Gasteiger partial charge is 0.322 e. The Morgan fingerprint density at radius 1 is 1.25 bits per heavy atom. The molecule has 6 heteroatoms. The maximum atomic E-state index is 7.56. The Kier molecular flexibility index (Phi) is 1.47. The first-order chi connectivity index (χ1) is 11.2. The van der Waals surface area contributed by atoms with Crippen LogP contribution >= 0.6 is 0 Å². The van der Waals surface area contributed by atoms with E-state index in [1.54, 1.807) is 6.92 Å². The van der Waals surface area contributed by atoms with Crippen molar-refractivity contribution >= 4 is 11.9 Å². The number of hydrogen-bond acceptors (Lipinski definition) is 6. The molecule has 2 N–H and O–H groups in total. The summed E-state index contributed by atoms with van der Waals surface area (Å²) in [7, 11) is 1.24. The minimum Gasteiger partial charge on any atom is -0.467 e. The molecule has 16 heavy (non-hydrogen) atoms. The SMILES string of the molecule is [2H]C([2H])([2H])C(Nc1nc(NCC)nc(OC)n1)(C([2H])([2H])[2H])C([2H])([2H])[2H]. The molecule has 0 spiro atoms. The third-order valence-corrected chi connectivity index (χ3v) is 1.43. The summed E-state index contributed by atoms with van der Waals surface area (Å²) in [4.78, 5) is 11.4. The van der Waals surface area contributed by atoms with Crippen LogP contribution in [0.4, 0.5) is 11.9 Å². The van der Waals surface area contributed by atoms with Gasteiger partial charge in [0.25, 0.3) is 0 Å². The average molecular weight is 234 g/mol. The van der Waals surface area contributed by atoms with E-state index in [0.717, 1.165) is 0 Å². The van der Waals surface area contributed by atoms with Gasteiger partial charge in [0.1, 0.15) is 0 Å². The van der Waals surface area contributed by atoms with E-state index in [1.807, 2.05) is 5.32 Å². The molecule has 0 aliphatic heterocycles. The second-order valence-corrected chi connectivity index (χ2v) is 2.87. The van der Waals surface area contributed by atoms with Crippen LogP contribution in [0.2, 0.25) is 0 Å². The standard InChI is InChI=1S/C10H19N5O/c1-6-11-7-12-8(15-10(2,3)4)14-9(13-7)16-5/h6H2,1-5H3,(H2,11,12,13,14,15)/i2D3,3D3,4D3. The maximum absolute atomic E-state index is 7.56. The highest BCUT2D eigenvalue weighted by Gasteiger charge is 2.13. The highest BCUT2D eigenvalue weighted by Crippen LogP contribution is 2.14. The van der Waals surface area contributed by atoms with Gasteiger partial charge in [-0.2, -0.15) is 15.0 Å². The summed E-state index contributed by atoms with van der Waals surface area (Å²) in [6, 6.07) is -0.246. The lowest BCUT2D eigenvalue weighted by molar-refractivity contribution is 0.379. The Morgan fingerprint density at radius 3 is 2.50 bits per heavy atom. The molecule has 0 saturated heterocycles. The molecule has 0 amide bonds. The minimum atomic E-state index is -3.43. The second-order valence-electron chi connectivity index (χ2n) is 2.87.